The average Bonchev–Trinajstić information content (AvgIpc) is 1.85. The first-order valence-corrected chi connectivity index (χ1v) is 4.81. The second-order valence-corrected chi connectivity index (χ2v) is 3.88. The van der Waals surface area contributed by atoms with Gasteiger partial charge in [0.15, 0.2) is 0 Å². The standard InChI is InChI=1S/C7H12O4S/c1-3-5-6(8)7(4-2)12(9,10)11/h3-4,6-8H,1-2,5H2,(H,9,10,11). The van der Waals surface area contributed by atoms with Crippen LogP contribution in [0.3, 0.4) is 0 Å². The van der Waals surface area contributed by atoms with E-state index in [2.05, 4.69) is 13.2 Å². The van der Waals surface area contributed by atoms with Gasteiger partial charge in [0.05, 0.1) is 6.10 Å². The van der Waals surface area contributed by atoms with Crippen LogP contribution < -0.4 is 0 Å². The zero-order valence-corrected chi connectivity index (χ0v) is 7.37. The minimum atomic E-state index is -4.25. The molecule has 0 aromatic carbocycles. The van der Waals surface area contributed by atoms with Crippen LogP contribution in [0.25, 0.3) is 0 Å². The van der Waals surface area contributed by atoms with Gasteiger partial charge in [0.25, 0.3) is 10.1 Å². The topological polar surface area (TPSA) is 74.6 Å². The first-order chi connectivity index (χ1) is 5.43. The van der Waals surface area contributed by atoms with Gasteiger partial charge < -0.3 is 5.11 Å². The molecule has 0 saturated carbocycles. The molecule has 0 aliphatic carbocycles. The van der Waals surface area contributed by atoms with Gasteiger partial charge in [0, 0.05) is 0 Å². The number of rotatable bonds is 5. The molecule has 0 fully saturated rings. The van der Waals surface area contributed by atoms with Crippen LogP contribution in [0.2, 0.25) is 0 Å². The summed E-state index contributed by atoms with van der Waals surface area (Å²) in [5.41, 5.74) is 0. The molecule has 2 atom stereocenters. The van der Waals surface area contributed by atoms with Gasteiger partial charge in [-0.15, -0.1) is 13.2 Å². The van der Waals surface area contributed by atoms with E-state index in [1.54, 1.807) is 0 Å². The summed E-state index contributed by atoms with van der Waals surface area (Å²) in [5.74, 6) is 0. The zero-order chi connectivity index (χ0) is 9.78. The van der Waals surface area contributed by atoms with Crippen molar-refractivity contribution in [3.05, 3.63) is 25.3 Å². The third-order valence-corrected chi connectivity index (χ3v) is 2.56. The second-order valence-electron chi connectivity index (χ2n) is 2.31. The Morgan fingerprint density at radius 2 is 1.92 bits per heavy atom. The minimum absolute atomic E-state index is 0.0937. The molecule has 70 valence electrons. The molecule has 4 nitrogen and oxygen atoms in total. The van der Waals surface area contributed by atoms with Crippen molar-refractivity contribution in [2.45, 2.75) is 17.8 Å². The van der Waals surface area contributed by atoms with E-state index in [1.807, 2.05) is 0 Å². The molecule has 0 saturated heterocycles. The first-order valence-electron chi connectivity index (χ1n) is 3.31. The van der Waals surface area contributed by atoms with Crippen LogP contribution >= 0.6 is 0 Å². The van der Waals surface area contributed by atoms with Crippen molar-refractivity contribution in [2.75, 3.05) is 0 Å². The predicted octanol–water partition coefficient (Wildman–Crippen LogP) is 0.366. The average molecular weight is 192 g/mol. The Balaban J connectivity index is 4.56. The summed E-state index contributed by atoms with van der Waals surface area (Å²) in [6.07, 6.45) is 1.27. The molecular weight excluding hydrogens is 180 g/mol. The normalized spacial score (nSPS) is 16.5. The summed E-state index contributed by atoms with van der Waals surface area (Å²) in [5, 5.41) is 7.83. The molecule has 0 radical (unpaired) electrons. The molecule has 0 aromatic heterocycles. The summed E-state index contributed by atoms with van der Waals surface area (Å²) in [6, 6.07) is 0. The Morgan fingerprint density at radius 1 is 1.42 bits per heavy atom. The number of hydrogen-bond donors (Lipinski definition) is 2. The molecule has 0 aromatic rings. The van der Waals surface area contributed by atoms with Crippen LogP contribution in [0.15, 0.2) is 25.3 Å². The highest BCUT2D eigenvalue weighted by Crippen LogP contribution is 2.09. The van der Waals surface area contributed by atoms with Crippen LogP contribution in [-0.2, 0) is 10.1 Å². The molecule has 5 heteroatoms. The Labute approximate surface area is 72.0 Å². The molecule has 0 bridgehead atoms. The monoisotopic (exact) mass is 192 g/mol. The van der Waals surface area contributed by atoms with E-state index in [1.165, 1.54) is 6.08 Å². The highest BCUT2D eigenvalue weighted by atomic mass is 32.2. The van der Waals surface area contributed by atoms with Crippen molar-refractivity contribution >= 4 is 10.1 Å². The Morgan fingerprint density at radius 3 is 2.17 bits per heavy atom. The highest BCUT2D eigenvalue weighted by molar-refractivity contribution is 7.86. The summed E-state index contributed by atoms with van der Waals surface area (Å²) in [4.78, 5) is 0. The Bertz CT molecular complexity index is 255. The van der Waals surface area contributed by atoms with Crippen molar-refractivity contribution in [3.8, 4) is 0 Å². The van der Waals surface area contributed by atoms with Crippen LogP contribution in [0, 0.1) is 0 Å². The molecule has 12 heavy (non-hydrogen) atoms. The van der Waals surface area contributed by atoms with E-state index < -0.39 is 21.5 Å². The third-order valence-electron chi connectivity index (χ3n) is 1.36. The summed E-state index contributed by atoms with van der Waals surface area (Å²) in [6.45, 7) is 6.53. The number of aliphatic hydroxyl groups is 1. The van der Waals surface area contributed by atoms with Gasteiger partial charge in [0.1, 0.15) is 5.25 Å². The van der Waals surface area contributed by atoms with Crippen molar-refractivity contribution < 1.29 is 18.1 Å². The van der Waals surface area contributed by atoms with Crippen LogP contribution in [0.4, 0.5) is 0 Å². The van der Waals surface area contributed by atoms with Crippen LogP contribution in [-0.4, -0.2) is 29.4 Å². The highest BCUT2D eigenvalue weighted by Gasteiger charge is 2.26. The Kier molecular flexibility index (Phi) is 4.16. The first kappa shape index (κ1) is 11.4. The molecule has 2 unspecified atom stereocenters. The van der Waals surface area contributed by atoms with Gasteiger partial charge in [0.2, 0.25) is 0 Å². The lowest BCUT2D eigenvalue weighted by Gasteiger charge is -2.14. The number of aliphatic hydroxyl groups excluding tert-OH is 1. The lowest BCUT2D eigenvalue weighted by atomic mass is 10.2. The maximum Gasteiger partial charge on any atom is 0.273 e. The lowest BCUT2D eigenvalue weighted by Crippen LogP contribution is -2.31. The van der Waals surface area contributed by atoms with Crippen molar-refractivity contribution in [3.63, 3.8) is 0 Å². The van der Waals surface area contributed by atoms with Crippen molar-refractivity contribution in [1.29, 1.82) is 0 Å². The summed E-state index contributed by atoms with van der Waals surface area (Å²) >= 11 is 0. The van der Waals surface area contributed by atoms with E-state index >= 15 is 0 Å². The second kappa shape index (κ2) is 4.39. The molecule has 0 aliphatic heterocycles. The molecule has 2 N–H and O–H groups in total. The third kappa shape index (κ3) is 3.17. The van der Waals surface area contributed by atoms with E-state index in [-0.39, 0.29) is 6.42 Å². The fourth-order valence-electron chi connectivity index (χ4n) is 0.782. The molecule has 0 spiro atoms. The van der Waals surface area contributed by atoms with Gasteiger partial charge in [-0.1, -0.05) is 12.2 Å². The van der Waals surface area contributed by atoms with E-state index in [0.29, 0.717) is 0 Å². The molecular formula is C7H12O4S. The van der Waals surface area contributed by atoms with E-state index in [0.717, 1.165) is 6.08 Å². The SMILES string of the molecule is C=CCC(O)C(C=C)S(=O)(=O)O. The van der Waals surface area contributed by atoms with Crippen LogP contribution in [0.1, 0.15) is 6.42 Å². The van der Waals surface area contributed by atoms with Crippen molar-refractivity contribution in [1.82, 2.24) is 0 Å². The van der Waals surface area contributed by atoms with Gasteiger partial charge in [-0.2, -0.15) is 8.42 Å². The smallest absolute Gasteiger partial charge is 0.273 e. The van der Waals surface area contributed by atoms with Gasteiger partial charge in [-0.25, -0.2) is 0 Å². The van der Waals surface area contributed by atoms with Crippen LogP contribution in [0.5, 0.6) is 0 Å². The van der Waals surface area contributed by atoms with Crippen molar-refractivity contribution in [2.24, 2.45) is 0 Å². The largest absolute Gasteiger partial charge is 0.391 e. The molecule has 0 heterocycles. The lowest BCUT2D eigenvalue weighted by molar-refractivity contribution is 0.180. The van der Waals surface area contributed by atoms with E-state index in [9.17, 15) is 8.42 Å². The number of hydrogen-bond acceptors (Lipinski definition) is 3. The summed E-state index contributed by atoms with van der Waals surface area (Å²) < 4.78 is 29.7. The molecule has 0 aliphatic rings. The fraction of sp³-hybridized carbons (Fsp3) is 0.429. The fourth-order valence-corrected chi connectivity index (χ4v) is 1.53. The van der Waals surface area contributed by atoms with E-state index in [4.69, 9.17) is 9.66 Å². The van der Waals surface area contributed by atoms with Gasteiger partial charge in [-0.3, -0.25) is 4.55 Å². The quantitative estimate of drug-likeness (QED) is 0.487. The molecule has 0 amide bonds. The Hall–Kier alpha value is -0.650. The van der Waals surface area contributed by atoms with Gasteiger partial charge in [-0.05, 0) is 6.42 Å². The summed E-state index contributed by atoms with van der Waals surface area (Å²) in [7, 11) is -4.25. The molecule has 0 rings (SSSR count). The maximum atomic E-state index is 10.6. The zero-order valence-electron chi connectivity index (χ0n) is 6.55. The predicted molar refractivity (Wildman–Crippen MR) is 46.4 cm³/mol. The minimum Gasteiger partial charge on any atom is -0.391 e. The van der Waals surface area contributed by atoms with Gasteiger partial charge >= 0.3 is 0 Å². The maximum absolute atomic E-state index is 10.6.